The van der Waals surface area contributed by atoms with E-state index in [1.807, 2.05) is 0 Å². The molecule has 1 saturated heterocycles. The number of carboxylic acid groups (broad SMARTS) is 1. The molecule has 1 fully saturated rings. The number of nitrogens with zero attached hydrogens (tertiary/aromatic N) is 2. The second kappa shape index (κ2) is 3.87. The minimum atomic E-state index is -3.68. The van der Waals surface area contributed by atoms with E-state index in [9.17, 15) is 13.2 Å². The first-order valence-corrected chi connectivity index (χ1v) is 6.30. The van der Waals surface area contributed by atoms with Crippen LogP contribution in [0.25, 0.3) is 0 Å². The third-order valence-corrected chi connectivity index (χ3v) is 3.74. The number of nitrogens with one attached hydrogen (secondary N) is 1. The summed E-state index contributed by atoms with van der Waals surface area (Å²) in [6, 6.07) is 0. The molecule has 8 heteroatoms. The van der Waals surface area contributed by atoms with Gasteiger partial charge in [-0.2, -0.15) is 0 Å². The molecule has 0 bridgehead atoms. The van der Waals surface area contributed by atoms with Crippen molar-refractivity contribution in [1.82, 2.24) is 10.2 Å². The monoisotopic (exact) mass is 245 g/mol. The number of piperazine rings is 1. The van der Waals surface area contributed by atoms with Crippen LogP contribution in [0.1, 0.15) is 0 Å². The van der Waals surface area contributed by atoms with Gasteiger partial charge in [-0.1, -0.05) is 0 Å². The zero-order valence-electron chi connectivity index (χ0n) is 8.38. The Morgan fingerprint density at radius 2 is 2.06 bits per heavy atom. The van der Waals surface area contributed by atoms with Crippen LogP contribution in [0.15, 0.2) is 16.1 Å². The standard InChI is InChI=1S/C8H11N3O4S/c12-7(13)6-5-16(14,15)8(10-6)11-3-1-9-2-4-11/h5,9H,1-4H2,(H,12,13). The summed E-state index contributed by atoms with van der Waals surface area (Å²) in [5.74, 6) is -1.33. The van der Waals surface area contributed by atoms with Crippen LogP contribution in [0.2, 0.25) is 0 Å². The van der Waals surface area contributed by atoms with Crippen LogP contribution < -0.4 is 5.32 Å². The van der Waals surface area contributed by atoms with Gasteiger partial charge in [0.2, 0.25) is 15.0 Å². The Kier molecular flexibility index (Phi) is 2.68. The minimum Gasteiger partial charge on any atom is -0.476 e. The lowest BCUT2D eigenvalue weighted by molar-refractivity contribution is -0.132. The Morgan fingerprint density at radius 1 is 1.44 bits per heavy atom. The zero-order chi connectivity index (χ0) is 11.8. The third kappa shape index (κ3) is 1.93. The molecule has 2 aliphatic rings. The molecule has 0 aromatic carbocycles. The molecular weight excluding hydrogens is 234 g/mol. The number of sulfone groups is 1. The van der Waals surface area contributed by atoms with Crippen molar-refractivity contribution in [3.63, 3.8) is 0 Å². The summed E-state index contributed by atoms with van der Waals surface area (Å²) in [7, 11) is -3.68. The van der Waals surface area contributed by atoms with Crippen molar-refractivity contribution in [2.75, 3.05) is 26.2 Å². The van der Waals surface area contributed by atoms with Gasteiger partial charge in [0.25, 0.3) is 0 Å². The van der Waals surface area contributed by atoms with Gasteiger partial charge in [-0.3, -0.25) is 0 Å². The van der Waals surface area contributed by atoms with Gasteiger partial charge in [0.05, 0.1) is 5.41 Å². The van der Waals surface area contributed by atoms with Gasteiger partial charge in [-0.05, 0) is 0 Å². The number of amidine groups is 1. The van der Waals surface area contributed by atoms with Gasteiger partial charge >= 0.3 is 5.97 Å². The topological polar surface area (TPSA) is 99.1 Å². The van der Waals surface area contributed by atoms with Gasteiger partial charge in [0, 0.05) is 26.2 Å². The summed E-state index contributed by atoms with van der Waals surface area (Å²) in [6.07, 6.45) is 0. The Labute approximate surface area is 92.4 Å². The number of hydrogen-bond donors (Lipinski definition) is 2. The van der Waals surface area contributed by atoms with Gasteiger partial charge in [-0.25, -0.2) is 18.2 Å². The molecule has 0 aromatic heterocycles. The second-order valence-electron chi connectivity index (χ2n) is 3.48. The Balaban J connectivity index is 2.29. The molecule has 0 spiro atoms. The van der Waals surface area contributed by atoms with Crippen LogP contribution in [0, 0.1) is 0 Å². The van der Waals surface area contributed by atoms with Crippen LogP contribution in [0.3, 0.4) is 0 Å². The average Bonchev–Trinajstić information content (AvgIpc) is 2.56. The SMILES string of the molecule is O=C(O)C1=CS(=O)(=O)C(N2CCNCC2)=N1. The molecule has 0 atom stereocenters. The number of carbonyl (C=O) groups is 1. The molecule has 88 valence electrons. The van der Waals surface area contributed by atoms with Crippen molar-refractivity contribution in [2.45, 2.75) is 0 Å². The summed E-state index contributed by atoms with van der Waals surface area (Å²) in [5.41, 5.74) is -0.423. The van der Waals surface area contributed by atoms with Crippen molar-refractivity contribution in [3.8, 4) is 0 Å². The smallest absolute Gasteiger partial charge is 0.355 e. The predicted octanol–water partition coefficient (Wildman–Crippen LogP) is -1.40. The molecule has 0 aromatic rings. The maximum absolute atomic E-state index is 11.6. The molecule has 0 unspecified atom stereocenters. The van der Waals surface area contributed by atoms with Crippen LogP contribution in [0.4, 0.5) is 0 Å². The van der Waals surface area contributed by atoms with E-state index in [4.69, 9.17) is 5.11 Å². The molecule has 0 radical (unpaired) electrons. The van der Waals surface area contributed by atoms with E-state index in [2.05, 4.69) is 10.3 Å². The van der Waals surface area contributed by atoms with Gasteiger partial charge < -0.3 is 15.3 Å². The highest BCUT2D eigenvalue weighted by atomic mass is 32.2. The van der Waals surface area contributed by atoms with Crippen molar-refractivity contribution in [1.29, 1.82) is 0 Å². The lowest BCUT2D eigenvalue weighted by Crippen LogP contribution is -2.47. The second-order valence-corrected chi connectivity index (χ2v) is 5.18. The van der Waals surface area contributed by atoms with E-state index < -0.39 is 21.5 Å². The molecule has 0 saturated carbocycles. The number of rotatable bonds is 1. The first kappa shape index (κ1) is 11.1. The van der Waals surface area contributed by atoms with Crippen LogP contribution in [0.5, 0.6) is 0 Å². The fourth-order valence-corrected chi connectivity index (χ4v) is 2.92. The van der Waals surface area contributed by atoms with E-state index in [0.717, 1.165) is 0 Å². The van der Waals surface area contributed by atoms with E-state index in [0.29, 0.717) is 31.6 Å². The molecular formula is C8H11N3O4S. The molecule has 2 N–H and O–H groups in total. The van der Waals surface area contributed by atoms with Gasteiger partial charge in [0.15, 0.2) is 5.70 Å². The summed E-state index contributed by atoms with van der Waals surface area (Å²) in [5, 5.41) is 12.3. The maximum atomic E-state index is 11.6. The highest BCUT2D eigenvalue weighted by Gasteiger charge is 2.32. The quantitative estimate of drug-likeness (QED) is 0.589. The van der Waals surface area contributed by atoms with Gasteiger partial charge in [0.1, 0.15) is 0 Å². The highest BCUT2D eigenvalue weighted by Crippen LogP contribution is 2.17. The molecule has 0 aliphatic carbocycles. The summed E-state index contributed by atoms with van der Waals surface area (Å²) in [6.45, 7) is 2.35. The van der Waals surface area contributed by atoms with Crippen molar-refractivity contribution >= 4 is 21.0 Å². The van der Waals surface area contributed by atoms with Crippen LogP contribution in [-0.2, 0) is 14.6 Å². The summed E-state index contributed by atoms with van der Waals surface area (Å²) >= 11 is 0. The molecule has 2 heterocycles. The Hall–Kier alpha value is -1.41. The van der Waals surface area contributed by atoms with E-state index in [-0.39, 0.29) is 5.17 Å². The first-order chi connectivity index (χ1) is 7.50. The highest BCUT2D eigenvalue weighted by molar-refractivity contribution is 8.09. The van der Waals surface area contributed by atoms with Crippen molar-refractivity contribution < 1.29 is 18.3 Å². The number of hydrogen-bond acceptors (Lipinski definition) is 6. The Bertz CT molecular complexity index is 474. The molecule has 7 nitrogen and oxygen atoms in total. The van der Waals surface area contributed by atoms with E-state index in [1.54, 1.807) is 4.90 Å². The predicted molar refractivity (Wildman–Crippen MR) is 56.5 cm³/mol. The maximum Gasteiger partial charge on any atom is 0.355 e. The lowest BCUT2D eigenvalue weighted by atomic mass is 10.4. The summed E-state index contributed by atoms with van der Waals surface area (Å²) in [4.78, 5) is 15.9. The average molecular weight is 245 g/mol. The van der Waals surface area contributed by atoms with Gasteiger partial charge in [-0.15, -0.1) is 0 Å². The molecule has 0 amide bonds. The number of aliphatic carboxylic acids is 1. The minimum absolute atomic E-state index is 0.147. The first-order valence-electron chi connectivity index (χ1n) is 4.75. The number of aliphatic imine (C=N–C) groups is 1. The van der Waals surface area contributed by atoms with Crippen molar-refractivity contribution in [3.05, 3.63) is 11.1 Å². The Morgan fingerprint density at radius 3 is 2.56 bits per heavy atom. The lowest BCUT2D eigenvalue weighted by Gasteiger charge is -2.28. The molecule has 16 heavy (non-hydrogen) atoms. The zero-order valence-corrected chi connectivity index (χ0v) is 9.20. The van der Waals surface area contributed by atoms with Crippen LogP contribution in [-0.4, -0.2) is 55.7 Å². The molecule has 2 aliphatic heterocycles. The fourth-order valence-electron chi connectivity index (χ4n) is 1.60. The summed E-state index contributed by atoms with van der Waals surface area (Å²) < 4.78 is 23.3. The van der Waals surface area contributed by atoms with Crippen LogP contribution >= 0.6 is 0 Å². The number of carboxylic acids is 1. The third-order valence-electron chi connectivity index (χ3n) is 2.34. The van der Waals surface area contributed by atoms with E-state index >= 15 is 0 Å². The largest absolute Gasteiger partial charge is 0.476 e. The normalized spacial score (nSPS) is 23.9. The van der Waals surface area contributed by atoms with E-state index in [1.165, 1.54) is 0 Å². The fraction of sp³-hybridized carbons (Fsp3) is 0.500. The van der Waals surface area contributed by atoms with Crippen molar-refractivity contribution in [2.24, 2.45) is 4.99 Å². The molecule has 2 rings (SSSR count).